The number of methoxy groups -OCH3 is 1. The van der Waals surface area contributed by atoms with E-state index in [0.29, 0.717) is 10.9 Å². The van der Waals surface area contributed by atoms with Crippen LogP contribution in [0.2, 0.25) is 0 Å². The van der Waals surface area contributed by atoms with E-state index in [1.165, 1.54) is 24.7 Å². The normalized spacial score (nSPS) is 11.7. The monoisotopic (exact) mass is 460 g/mol. The van der Waals surface area contributed by atoms with Crippen LogP contribution in [-0.2, 0) is 16.7 Å². The van der Waals surface area contributed by atoms with Crippen LogP contribution in [0, 0.1) is 11.6 Å². The lowest BCUT2D eigenvalue weighted by Gasteiger charge is -2.17. The molecule has 2 aromatic carbocycles. The number of primary sulfonamides is 1. The van der Waals surface area contributed by atoms with E-state index in [-0.39, 0.29) is 22.3 Å². The Labute approximate surface area is 180 Å². The van der Waals surface area contributed by atoms with Crippen LogP contribution in [0.1, 0.15) is 5.56 Å². The molecule has 4 rings (SSSR count). The zero-order chi connectivity index (χ0) is 23.0. The van der Waals surface area contributed by atoms with Crippen molar-refractivity contribution in [1.29, 1.82) is 0 Å². The zero-order valence-corrected chi connectivity index (χ0v) is 17.3. The summed E-state index contributed by atoms with van der Waals surface area (Å²) < 4.78 is 73.8. The predicted octanol–water partition coefficient (Wildman–Crippen LogP) is 3.76. The van der Waals surface area contributed by atoms with Gasteiger partial charge in [0.25, 0.3) is 0 Å². The van der Waals surface area contributed by atoms with Gasteiger partial charge in [0.15, 0.2) is 4.90 Å². The molecule has 0 saturated carbocycles. The summed E-state index contributed by atoms with van der Waals surface area (Å²) in [6.45, 7) is -1.17. The molecule has 7 nitrogen and oxygen atoms in total. The molecule has 0 bridgehead atoms. The van der Waals surface area contributed by atoms with Gasteiger partial charge in [0.1, 0.15) is 24.6 Å². The van der Waals surface area contributed by atoms with E-state index in [0.717, 1.165) is 25.4 Å². The average Bonchev–Trinajstić information content (AvgIpc) is 2.77. The summed E-state index contributed by atoms with van der Waals surface area (Å²) in [6.07, 6.45) is 3.84. The Bertz CT molecular complexity index is 1460. The third-order valence-corrected chi connectivity index (χ3v) is 5.80. The Hall–Kier alpha value is -3.57. The van der Waals surface area contributed by atoms with Crippen LogP contribution in [0.5, 0.6) is 5.88 Å². The summed E-state index contributed by atoms with van der Waals surface area (Å²) in [4.78, 5) is 11.0. The highest BCUT2D eigenvalue weighted by molar-refractivity contribution is 7.89. The first kappa shape index (κ1) is 21.7. The van der Waals surface area contributed by atoms with Crippen LogP contribution in [-0.4, -0.2) is 30.5 Å². The number of rotatable bonds is 5. The maximum Gasteiger partial charge on any atom is 0.244 e. The highest BCUT2D eigenvalue weighted by Gasteiger charge is 2.29. The molecule has 0 atom stereocenters. The van der Waals surface area contributed by atoms with Crippen molar-refractivity contribution in [3.05, 3.63) is 66.3 Å². The molecule has 0 aliphatic rings. The molecule has 0 radical (unpaired) electrons. The third kappa shape index (κ3) is 3.65. The second-order valence-corrected chi connectivity index (χ2v) is 8.25. The summed E-state index contributed by atoms with van der Waals surface area (Å²) in [5.41, 5.74) is -0.722. The van der Waals surface area contributed by atoms with Gasteiger partial charge in [0.05, 0.1) is 18.2 Å². The van der Waals surface area contributed by atoms with Crippen LogP contribution in [0.15, 0.2) is 53.9 Å². The van der Waals surface area contributed by atoms with Crippen LogP contribution in [0.3, 0.4) is 0 Å². The lowest BCUT2D eigenvalue weighted by Crippen LogP contribution is -2.17. The Morgan fingerprint density at radius 1 is 1.06 bits per heavy atom. The quantitative estimate of drug-likeness (QED) is 0.486. The number of aromatic nitrogens is 3. The van der Waals surface area contributed by atoms with E-state index >= 15 is 4.39 Å². The Balaban J connectivity index is 2.05. The molecule has 0 aliphatic carbocycles. The molecule has 2 aromatic heterocycles. The smallest absolute Gasteiger partial charge is 0.244 e. The standard InChI is InChI=1S/C21H15F3N4O3S/c1-31-21-20(32(25,29)30)17(13(7-22)9-27-21)14-3-4-15(23)18(19(14)24)11-2-5-16-12(6-11)8-26-10-28-16/h2-6,8-10H,7H2,1H3,(H2,25,29,30). The zero-order valence-electron chi connectivity index (χ0n) is 16.5. The third-order valence-electron chi connectivity index (χ3n) is 4.86. The second-order valence-electron chi connectivity index (χ2n) is 6.76. The van der Waals surface area contributed by atoms with Gasteiger partial charge in [0, 0.05) is 34.5 Å². The summed E-state index contributed by atoms with van der Waals surface area (Å²) in [5, 5.41) is 5.84. The summed E-state index contributed by atoms with van der Waals surface area (Å²) in [6, 6.07) is 6.49. The number of ether oxygens (including phenoxy) is 1. The van der Waals surface area contributed by atoms with Gasteiger partial charge in [-0.1, -0.05) is 6.07 Å². The molecule has 0 amide bonds. The van der Waals surface area contributed by atoms with Gasteiger partial charge in [-0.2, -0.15) is 0 Å². The highest BCUT2D eigenvalue weighted by Crippen LogP contribution is 2.40. The number of halogens is 3. The summed E-state index contributed by atoms with van der Waals surface area (Å²) in [5.74, 6) is -2.44. The number of hydrogen-bond donors (Lipinski definition) is 1. The van der Waals surface area contributed by atoms with Gasteiger partial charge in [-0.15, -0.1) is 0 Å². The van der Waals surface area contributed by atoms with Crippen LogP contribution in [0.4, 0.5) is 13.2 Å². The Morgan fingerprint density at radius 2 is 1.84 bits per heavy atom. The first-order chi connectivity index (χ1) is 15.3. The Morgan fingerprint density at radius 3 is 2.53 bits per heavy atom. The first-order valence-electron chi connectivity index (χ1n) is 9.09. The summed E-state index contributed by atoms with van der Waals surface area (Å²) in [7, 11) is -3.38. The SMILES string of the molecule is COc1ncc(CF)c(-c2ccc(F)c(-c3ccc4ncncc4c3)c2F)c1S(N)(=O)=O. The molecule has 32 heavy (non-hydrogen) atoms. The molecule has 164 valence electrons. The lowest BCUT2D eigenvalue weighted by atomic mass is 9.95. The molecule has 2 heterocycles. The van der Waals surface area contributed by atoms with Crippen molar-refractivity contribution < 1.29 is 26.3 Å². The van der Waals surface area contributed by atoms with Gasteiger partial charge in [-0.25, -0.2) is 41.7 Å². The van der Waals surface area contributed by atoms with Crippen molar-refractivity contribution in [3.63, 3.8) is 0 Å². The molecule has 4 aromatic rings. The topological polar surface area (TPSA) is 108 Å². The molecular formula is C21H15F3N4O3S. The fourth-order valence-electron chi connectivity index (χ4n) is 3.47. The second kappa shape index (κ2) is 8.17. The first-order valence-corrected chi connectivity index (χ1v) is 10.6. The Kier molecular flexibility index (Phi) is 5.53. The molecule has 11 heteroatoms. The van der Waals surface area contributed by atoms with Gasteiger partial charge in [-0.3, -0.25) is 0 Å². The maximum absolute atomic E-state index is 15.7. The number of sulfonamides is 1. The van der Waals surface area contributed by atoms with Crippen LogP contribution < -0.4 is 9.88 Å². The van der Waals surface area contributed by atoms with Gasteiger partial charge in [0.2, 0.25) is 15.9 Å². The van der Waals surface area contributed by atoms with Gasteiger partial charge >= 0.3 is 0 Å². The molecule has 0 fully saturated rings. The van der Waals surface area contributed by atoms with E-state index in [9.17, 15) is 17.2 Å². The van der Waals surface area contributed by atoms with E-state index in [1.807, 2.05) is 0 Å². The van der Waals surface area contributed by atoms with E-state index in [1.54, 1.807) is 6.07 Å². The minimum absolute atomic E-state index is 0.157. The van der Waals surface area contributed by atoms with Crippen molar-refractivity contribution in [2.75, 3.05) is 7.11 Å². The van der Waals surface area contributed by atoms with Gasteiger partial charge in [-0.05, 0) is 29.8 Å². The van der Waals surface area contributed by atoms with Crippen molar-refractivity contribution in [2.24, 2.45) is 5.14 Å². The molecule has 0 aliphatic heterocycles. The fraction of sp³-hybridized carbons (Fsp3) is 0.0952. The number of nitrogens with two attached hydrogens (primary N) is 1. The minimum atomic E-state index is -4.52. The van der Waals surface area contributed by atoms with Crippen molar-refractivity contribution in [1.82, 2.24) is 15.0 Å². The highest BCUT2D eigenvalue weighted by atomic mass is 32.2. The molecule has 0 saturated heterocycles. The van der Waals surface area contributed by atoms with Crippen molar-refractivity contribution >= 4 is 20.9 Å². The number of hydrogen-bond acceptors (Lipinski definition) is 6. The van der Waals surface area contributed by atoms with E-state index in [2.05, 4.69) is 15.0 Å². The lowest BCUT2D eigenvalue weighted by molar-refractivity contribution is 0.384. The molecule has 0 unspecified atom stereocenters. The maximum atomic E-state index is 15.7. The number of alkyl halides is 1. The van der Waals surface area contributed by atoms with E-state index in [4.69, 9.17) is 9.88 Å². The van der Waals surface area contributed by atoms with Crippen molar-refractivity contribution in [2.45, 2.75) is 11.6 Å². The predicted molar refractivity (Wildman–Crippen MR) is 111 cm³/mol. The molecule has 0 spiro atoms. The largest absolute Gasteiger partial charge is 0.480 e. The minimum Gasteiger partial charge on any atom is -0.480 e. The number of pyridine rings is 1. The number of nitrogens with zero attached hydrogens (tertiary/aromatic N) is 3. The average molecular weight is 460 g/mol. The number of fused-ring (bicyclic) bond motifs is 1. The number of benzene rings is 2. The van der Waals surface area contributed by atoms with Crippen LogP contribution in [0.25, 0.3) is 33.2 Å². The van der Waals surface area contributed by atoms with Crippen LogP contribution >= 0.6 is 0 Å². The van der Waals surface area contributed by atoms with Crippen molar-refractivity contribution in [3.8, 4) is 28.1 Å². The fourth-order valence-corrected chi connectivity index (χ4v) is 4.37. The van der Waals surface area contributed by atoms with E-state index < -0.39 is 44.7 Å². The molecular weight excluding hydrogens is 445 g/mol. The summed E-state index contributed by atoms with van der Waals surface area (Å²) >= 11 is 0. The van der Waals surface area contributed by atoms with Gasteiger partial charge < -0.3 is 4.74 Å². The molecule has 2 N–H and O–H groups in total.